The van der Waals surface area contributed by atoms with Gasteiger partial charge in [-0.25, -0.2) is 0 Å². The Morgan fingerprint density at radius 3 is 2.26 bits per heavy atom. The predicted octanol–water partition coefficient (Wildman–Crippen LogP) is 4.63. The van der Waals surface area contributed by atoms with E-state index in [-0.39, 0.29) is 11.5 Å². The first kappa shape index (κ1) is 12.8. The molecule has 1 aromatic heterocycles. The average molecular weight is 341 g/mol. The molecule has 1 nitrogen and oxygen atoms in total. The van der Waals surface area contributed by atoms with Crippen molar-refractivity contribution >= 4 is 27.3 Å². The SMILES string of the molecule is OC(Cc1cc(Br)cs1)C12CC3CC(CC(C3)C1)C2. The van der Waals surface area contributed by atoms with Gasteiger partial charge in [-0.1, -0.05) is 0 Å². The van der Waals surface area contributed by atoms with Gasteiger partial charge in [0, 0.05) is 21.2 Å². The van der Waals surface area contributed by atoms with Gasteiger partial charge >= 0.3 is 0 Å². The van der Waals surface area contributed by atoms with Crippen molar-refractivity contribution in [1.29, 1.82) is 0 Å². The first-order valence-electron chi connectivity index (χ1n) is 7.54. The van der Waals surface area contributed by atoms with Crippen LogP contribution in [0.4, 0.5) is 0 Å². The molecule has 1 unspecified atom stereocenters. The zero-order valence-electron chi connectivity index (χ0n) is 11.1. The second kappa shape index (κ2) is 4.57. The van der Waals surface area contributed by atoms with Crippen molar-refractivity contribution in [2.24, 2.45) is 23.2 Å². The fourth-order valence-corrected chi connectivity index (χ4v) is 6.94. The molecule has 0 spiro atoms. The van der Waals surface area contributed by atoms with Gasteiger partial charge in [-0.3, -0.25) is 0 Å². The molecule has 1 N–H and O–H groups in total. The first-order valence-corrected chi connectivity index (χ1v) is 9.21. The van der Waals surface area contributed by atoms with Crippen LogP contribution in [0.3, 0.4) is 0 Å². The molecule has 1 aromatic rings. The number of aliphatic hydroxyl groups excluding tert-OH is 1. The molecule has 4 saturated carbocycles. The summed E-state index contributed by atoms with van der Waals surface area (Å²) in [5.41, 5.74) is 0.269. The van der Waals surface area contributed by atoms with Gasteiger partial charge in [-0.15, -0.1) is 11.3 Å². The zero-order valence-corrected chi connectivity index (χ0v) is 13.5. The molecule has 19 heavy (non-hydrogen) atoms. The van der Waals surface area contributed by atoms with Crippen LogP contribution in [0, 0.1) is 23.2 Å². The van der Waals surface area contributed by atoms with Crippen molar-refractivity contribution < 1.29 is 5.11 Å². The molecule has 0 saturated heterocycles. The van der Waals surface area contributed by atoms with E-state index in [2.05, 4.69) is 27.4 Å². The highest BCUT2D eigenvalue weighted by atomic mass is 79.9. The van der Waals surface area contributed by atoms with E-state index in [0.29, 0.717) is 0 Å². The van der Waals surface area contributed by atoms with Crippen molar-refractivity contribution in [2.75, 3.05) is 0 Å². The van der Waals surface area contributed by atoms with Crippen LogP contribution in [0.25, 0.3) is 0 Å². The van der Waals surface area contributed by atoms with E-state index in [1.165, 1.54) is 43.4 Å². The Morgan fingerprint density at radius 2 is 1.79 bits per heavy atom. The van der Waals surface area contributed by atoms with Crippen molar-refractivity contribution in [3.8, 4) is 0 Å². The highest BCUT2D eigenvalue weighted by Gasteiger charge is 2.53. The van der Waals surface area contributed by atoms with Crippen molar-refractivity contribution in [2.45, 2.75) is 51.0 Å². The number of hydrogen-bond acceptors (Lipinski definition) is 2. The highest BCUT2D eigenvalue weighted by molar-refractivity contribution is 9.10. The number of hydrogen-bond donors (Lipinski definition) is 1. The van der Waals surface area contributed by atoms with Crippen LogP contribution in [0.1, 0.15) is 43.4 Å². The topological polar surface area (TPSA) is 20.2 Å². The van der Waals surface area contributed by atoms with Gasteiger partial charge in [0.15, 0.2) is 0 Å². The smallest absolute Gasteiger partial charge is 0.0644 e. The van der Waals surface area contributed by atoms with Gasteiger partial charge in [0.25, 0.3) is 0 Å². The third kappa shape index (κ3) is 2.22. The van der Waals surface area contributed by atoms with E-state index < -0.39 is 0 Å². The number of rotatable bonds is 3. The molecule has 3 heteroatoms. The monoisotopic (exact) mass is 340 g/mol. The molecule has 4 fully saturated rings. The van der Waals surface area contributed by atoms with E-state index in [0.717, 1.165) is 28.6 Å². The summed E-state index contributed by atoms with van der Waals surface area (Å²) in [6, 6.07) is 2.17. The molecule has 4 aliphatic carbocycles. The van der Waals surface area contributed by atoms with Crippen LogP contribution in [-0.4, -0.2) is 11.2 Å². The van der Waals surface area contributed by atoms with Crippen molar-refractivity contribution in [1.82, 2.24) is 0 Å². The summed E-state index contributed by atoms with van der Waals surface area (Å²) in [5, 5.41) is 13.0. The minimum atomic E-state index is -0.119. The highest BCUT2D eigenvalue weighted by Crippen LogP contribution is 2.61. The Hall–Kier alpha value is 0.140. The number of halogens is 1. The van der Waals surface area contributed by atoms with Crippen LogP contribution in [-0.2, 0) is 6.42 Å². The van der Waals surface area contributed by atoms with Gasteiger partial charge < -0.3 is 5.11 Å². The summed E-state index contributed by atoms with van der Waals surface area (Å²) in [7, 11) is 0. The Labute approximate surface area is 127 Å². The predicted molar refractivity (Wildman–Crippen MR) is 82.3 cm³/mol. The fourth-order valence-electron chi connectivity index (χ4n) is 5.45. The summed E-state index contributed by atoms with van der Waals surface area (Å²) in [5.74, 6) is 2.78. The molecule has 5 rings (SSSR count). The van der Waals surface area contributed by atoms with E-state index >= 15 is 0 Å². The molecule has 1 heterocycles. The van der Waals surface area contributed by atoms with Crippen molar-refractivity contribution in [3.63, 3.8) is 0 Å². The maximum absolute atomic E-state index is 10.9. The van der Waals surface area contributed by atoms with Crippen LogP contribution in [0.5, 0.6) is 0 Å². The fraction of sp³-hybridized carbons (Fsp3) is 0.750. The molecule has 0 amide bonds. The molecular weight excluding hydrogens is 320 g/mol. The van der Waals surface area contributed by atoms with Crippen LogP contribution in [0.2, 0.25) is 0 Å². The summed E-state index contributed by atoms with van der Waals surface area (Å²) in [4.78, 5) is 1.33. The van der Waals surface area contributed by atoms with Crippen LogP contribution < -0.4 is 0 Å². The average Bonchev–Trinajstić information content (AvgIpc) is 2.73. The Bertz CT molecular complexity index is 446. The summed E-state index contributed by atoms with van der Waals surface area (Å²) >= 11 is 5.29. The lowest BCUT2D eigenvalue weighted by Gasteiger charge is -2.58. The zero-order chi connectivity index (χ0) is 13.0. The van der Waals surface area contributed by atoms with Gasteiger partial charge in [0.1, 0.15) is 0 Å². The Morgan fingerprint density at radius 1 is 1.21 bits per heavy atom. The number of aliphatic hydroxyl groups is 1. The van der Waals surface area contributed by atoms with Crippen LogP contribution in [0.15, 0.2) is 15.9 Å². The third-order valence-corrected chi connectivity index (χ3v) is 7.53. The minimum Gasteiger partial charge on any atom is -0.392 e. The first-order chi connectivity index (χ1) is 9.13. The quantitative estimate of drug-likeness (QED) is 0.850. The lowest BCUT2D eigenvalue weighted by Crippen LogP contribution is -2.52. The van der Waals surface area contributed by atoms with Gasteiger partial charge in [-0.05, 0) is 83.7 Å². The lowest BCUT2D eigenvalue weighted by molar-refractivity contribution is -0.119. The van der Waals surface area contributed by atoms with Crippen molar-refractivity contribution in [3.05, 3.63) is 20.8 Å². The standard InChI is InChI=1S/C16H21BrOS/c17-13-4-14(19-9-13)5-15(18)16-6-10-1-11(7-16)3-12(2-10)8-16/h4,9-12,15,18H,1-3,5-8H2. The largest absolute Gasteiger partial charge is 0.392 e. The molecular formula is C16H21BrOS. The Kier molecular flexibility index (Phi) is 3.09. The molecule has 1 atom stereocenters. The molecule has 4 bridgehead atoms. The second-order valence-electron chi connectivity index (χ2n) is 7.23. The maximum atomic E-state index is 10.9. The van der Waals surface area contributed by atoms with Gasteiger partial charge in [0.05, 0.1) is 6.10 Å². The minimum absolute atomic E-state index is 0.119. The van der Waals surface area contributed by atoms with E-state index in [9.17, 15) is 5.11 Å². The van der Waals surface area contributed by atoms with Crippen LogP contribution >= 0.6 is 27.3 Å². The van der Waals surface area contributed by atoms with E-state index in [1.54, 1.807) is 11.3 Å². The third-order valence-electron chi connectivity index (χ3n) is 5.81. The normalized spacial score (nSPS) is 41.7. The summed E-state index contributed by atoms with van der Waals surface area (Å²) in [6.07, 6.45) is 9.00. The summed E-state index contributed by atoms with van der Waals surface area (Å²) in [6.45, 7) is 0. The molecule has 0 aromatic carbocycles. The molecule has 0 radical (unpaired) electrons. The lowest BCUT2D eigenvalue weighted by atomic mass is 9.48. The second-order valence-corrected chi connectivity index (χ2v) is 9.14. The number of thiophene rings is 1. The van der Waals surface area contributed by atoms with Gasteiger partial charge in [-0.2, -0.15) is 0 Å². The van der Waals surface area contributed by atoms with E-state index in [4.69, 9.17) is 0 Å². The molecule has 4 aliphatic rings. The molecule has 104 valence electrons. The van der Waals surface area contributed by atoms with Gasteiger partial charge in [0.2, 0.25) is 0 Å². The Balaban J connectivity index is 1.54. The van der Waals surface area contributed by atoms with E-state index in [1.807, 2.05) is 0 Å². The summed E-state index contributed by atoms with van der Waals surface area (Å²) < 4.78 is 1.16. The maximum Gasteiger partial charge on any atom is 0.0644 e. The molecule has 0 aliphatic heterocycles.